The number of aliphatic hydroxyl groups is 1. The summed E-state index contributed by atoms with van der Waals surface area (Å²) in [6, 6.07) is 14.2. The molecule has 2 aromatic heterocycles. The first-order valence-electron chi connectivity index (χ1n) is 12.1. The fourth-order valence-corrected chi connectivity index (χ4v) is 6.84. The van der Waals surface area contributed by atoms with Crippen molar-refractivity contribution < 1.29 is 28.2 Å². The van der Waals surface area contributed by atoms with E-state index in [9.17, 15) is 9.90 Å². The van der Waals surface area contributed by atoms with Crippen LogP contribution in [0.3, 0.4) is 0 Å². The highest BCUT2D eigenvalue weighted by molar-refractivity contribution is 8.07. The Kier molecular flexibility index (Phi) is 7.11. The van der Waals surface area contributed by atoms with E-state index in [4.69, 9.17) is 41.7 Å². The summed E-state index contributed by atoms with van der Waals surface area (Å²) in [5.74, 6) is 0.237. The van der Waals surface area contributed by atoms with E-state index < -0.39 is 31.3 Å². The minimum Gasteiger partial charge on any atom is -0.423 e. The third kappa shape index (κ3) is 5.05. The summed E-state index contributed by atoms with van der Waals surface area (Å²) in [5, 5.41) is 14.4. The number of nitrogens with zero attached hydrogens (tertiary/aromatic N) is 4. The van der Waals surface area contributed by atoms with Crippen LogP contribution in [0.1, 0.15) is 29.1 Å². The summed E-state index contributed by atoms with van der Waals surface area (Å²) in [5.41, 5.74) is 2.32. The lowest BCUT2D eigenvalue weighted by molar-refractivity contribution is -0.0585. The summed E-state index contributed by atoms with van der Waals surface area (Å²) in [6.45, 7) is -1.17. The average molecular weight is 588 g/mol. The van der Waals surface area contributed by atoms with Gasteiger partial charge in [0, 0.05) is 17.4 Å². The number of imidazole rings is 1. The molecule has 0 saturated carbocycles. The number of anilines is 1. The van der Waals surface area contributed by atoms with E-state index in [-0.39, 0.29) is 18.3 Å². The van der Waals surface area contributed by atoms with E-state index in [1.54, 1.807) is 41.0 Å². The number of carbonyl (C=O) groups excluding carboxylic acids is 1. The molecule has 2 N–H and O–H groups in total. The zero-order chi connectivity index (χ0) is 27.1. The molecule has 1 amide bonds. The van der Waals surface area contributed by atoms with Gasteiger partial charge in [0.25, 0.3) is 5.91 Å². The second kappa shape index (κ2) is 10.5. The quantitative estimate of drug-likeness (QED) is 0.315. The Bertz CT molecular complexity index is 1590. The molecule has 4 aromatic rings. The number of nitrogens with one attached hydrogen (secondary N) is 1. The lowest BCUT2D eigenvalue weighted by Crippen LogP contribution is -2.39. The van der Waals surface area contributed by atoms with E-state index in [2.05, 4.69) is 20.3 Å². The summed E-state index contributed by atoms with van der Waals surface area (Å²) < 4.78 is 25.2. The Labute approximate surface area is 233 Å². The molecule has 2 saturated heterocycles. The van der Waals surface area contributed by atoms with Crippen LogP contribution in [0, 0.1) is 0 Å². The molecule has 2 aliphatic heterocycles. The van der Waals surface area contributed by atoms with Gasteiger partial charge in [-0.2, -0.15) is 0 Å². The molecule has 0 bridgehead atoms. The first kappa shape index (κ1) is 26.3. The molecule has 2 aromatic carbocycles. The second-order valence-corrected chi connectivity index (χ2v) is 12.2. The summed E-state index contributed by atoms with van der Waals surface area (Å²) in [7, 11) is 0. The molecule has 4 heterocycles. The van der Waals surface area contributed by atoms with Crippen LogP contribution in [0.5, 0.6) is 5.75 Å². The van der Waals surface area contributed by atoms with Crippen molar-refractivity contribution in [1.29, 1.82) is 0 Å². The predicted molar refractivity (Wildman–Crippen MR) is 146 cm³/mol. The van der Waals surface area contributed by atoms with Crippen LogP contribution in [0.4, 0.5) is 5.82 Å². The lowest BCUT2D eigenvalue weighted by Gasteiger charge is -2.33. The summed E-state index contributed by atoms with van der Waals surface area (Å²) in [4.78, 5) is 25.7. The molecule has 11 nitrogen and oxygen atoms in total. The van der Waals surface area contributed by atoms with Gasteiger partial charge in [-0.1, -0.05) is 42.8 Å². The number of benzene rings is 2. The first-order chi connectivity index (χ1) is 18.8. The van der Waals surface area contributed by atoms with E-state index in [1.807, 2.05) is 19.1 Å². The molecule has 202 valence electrons. The van der Waals surface area contributed by atoms with Gasteiger partial charge in [0.15, 0.2) is 23.2 Å². The molecule has 0 aliphatic carbocycles. The molecular weight excluding hydrogens is 565 g/mol. The number of hydrogen-bond acceptors (Lipinski definition) is 10. The van der Waals surface area contributed by atoms with Crippen molar-refractivity contribution in [2.24, 2.45) is 0 Å². The third-order valence-electron chi connectivity index (χ3n) is 6.49. The minimum absolute atomic E-state index is 0.0553. The van der Waals surface area contributed by atoms with E-state index in [0.29, 0.717) is 27.5 Å². The Hall–Kier alpha value is -2.96. The molecular formula is C25H23ClN5O6PS. The van der Waals surface area contributed by atoms with Crippen LogP contribution in [0.15, 0.2) is 61.2 Å². The van der Waals surface area contributed by atoms with Crippen molar-refractivity contribution in [2.45, 2.75) is 37.9 Å². The number of amides is 1. The fourth-order valence-electron chi connectivity index (χ4n) is 4.45. The van der Waals surface area contributed by atoms with Gasteiger partial charge in [-0.3, -0.25) is 18.4 Å². The number of para-hydroxylation sites is 1. The number of aryl methyl sites for hydroxylation is 1. The molecule has 2 aliphatic rings. The monoisotopic (exact) mass is 587 g/mol. The minimum atomic E-state index is -3.27. The number of aliphatic hydroxyl groups excluding tert-OH is 1. The Morgan fingerprint density at radius 3 is 2.79 bits per heavy atom. The molecule has 0 spiro atoms. The average Bonchev–Trinajstić information content (AvgIpc) is 3.51. The summed E-state index contributed by atoms with van der Waals surface area (Å²) >= 11 is 11.7. The number of hydrogen-bond donors (Lipinski definition) is 2. The Balaban J connectivity index is 1.21. The Morgan fingerprint density at radius 2 is 2.03 bits per heavy atom. The SMILES string of the molecule is CCc1ccc(C(=O)Nc2ncnc3c2ncn3[C@@H]2O[C@@H]3COP(=S)(Oc4ccccc4Cl)OC3C2O)cc1. The van der Waals surface area contributed by atoms with Crippen LogP contribution < -0.4 is 9.84 Å². The fraction of sp³-hybridized carbons (Fsp3) is 0.280. The van der Waals surface area contributed by atoms with Gasteiger partial charge in [0.2, 0.25) is 0 Å². The Morgan fingerprint density at radius 1 is 1.23 bits per heavy atom. The normalized spacial score (nSPS) is 26.3. The van der Waals surface area contributed by atoms with Crippen molar-refractivity contribution >= 4 is 53.0 Å². The van der Waals surface area contributed by atoms with Crippen molar-refractivity contribution in [1.82, 2.24) is 19.5 Å². The molecule has 2 fully saturated rings. The predicted octanol–water partition coefficient (Wildman–Crippen LogP) is 4.27. The highest BCUT2D eigenvalue weighted by Crippen LogP contribution is 2.57. The topological polar surface area (TPSA) is 130 Å². The standard InChI is InChI=1S/C25H23ClN5O6PS/c1-2-14-7-9-15(10-8-14)24(33)30-22-19-23(28-12-27-22)31(13-29-19)25-20(32)21-18(35-25)11-34-38(39,37-21)36-17-6-4-3-5-16(17)26/h3-10,12-13,18,20-21,25,32H,2,11H2,1H3,(H,27,28,30,33)/t18-,20?,21?,25-,38?/m1/s1. The number of aromatic nitrogens is 4. The van der Waals surface area contributed by atoms with Gasteiger partial charge in [0.1, 0.15) is 30.4 Å². The van der Waals surface area contributed by atoms with Crippen molar-refractivity contribution in [3.63, 3.8) is 0 Å². The van der Waals surface area contributed by atoms with Crippen LogP contribution in [-0.4, -0.2) is 55.5 Å². The molecule has 6 rings (SSSR count). The van der Waals surface area contributed by atoms with Gasteiger partial charge in [-0.25, -0.2) is 15.0 Å². The van der Waals surface area contributed by atoms with Crippen molar-refractivity contribution in [3.8, 4) is 5.75 Å². The van der Waals surface area contributed by atoms with E-state index in [0.717, 1.165) is 12.0 Å². The van der Waals surface area contributed by atoms with Crippen LogP contribution in [0.2, 0.25) is 5.02 Å². The molecule has 5 atom stereocenters. The van der Waals surface area contributed by atoms with Crippen LogP contribution in [-0.2, 0) is 32.0 Å². The number of ether oxygens (including phenoxy) is 1. The van der Waals surface area contributed by atoms with Gasteiger partial charge in [0.05, 0.1) is 18.0 Å². The molecule has 14 heteroatoms. The maximum Gasteiger partial charge on any atom is 0.381 e. The van der Waals surface area contributed by atoms with E-state index in [1.165, 1.54) is 12.7 Å². The maximum atomic E-state index is 12.8. The van der Waals surface area contributed by atoms with Crippen LogP contribution >= 0.6 is 18.3 Å². The molecule has 39 heavy (non-hydrogen) atoms. The number of carbonyl (C=O) groups is 1. The smallest absolute Gasteiger partial charge is 0.381 e. The highest BCUT2D eigenvalue weighted by atomic mass is 35.5. The summed E-state index contributed by atoms with van der Waals surface area (Å²) in [6.07, 6.45) is 0.175. The molecule has 0 radical (unpaired) electrons. The van der Waals surface area contributed by atoms with Gasteiger partial charge in [-0.05, 0) is 36.2 Å². The van der Waals surface area contributed by atoms with E-state index >= 15 is 0 Å². The van der Waals surface area contributed by atoms with Gasteiger partial charge < -0.3 is 19.7 Å². The number of fused-ring (bicyclic) bond motifs is 2. The second-order valence-electron chi connectivity index (χ2n) is 8.94. The number of halogens is 1. The largest absolute Gasteiger partial charge is 0.423 e. The van der Waals surface area contributed by atoms with Crippen molar-refractivity contribution in [2.75, 3.05) is 11.9 Å². The van der Waals surface area contributed by atoms with Crippen LogP contribution in [0.25, 0.3) is 11.2 Å². The van der Waals surface area contributed by atoms with Gasteiger partial charge >= 0.3 is 6.72 Å². The third-order valence-corrected chi connectivity index (χ3v) is 8.99. The first-order valence-corrected chi connectivity index (χ1v) is 15.1. The maximum absolute atomic E-state index is 12.8. The van der Waals surface area contributed by atoms with Crippen molar-refractivity contribution in [3.05, 3.63) is 77.3 Å². The highest BCUT2D eigenvalue weighted by Gasteiger charge is 2.52. The number of rotatable bonds is 6. The van der Waals surface area contributed by atoms with Gasteiger partial charge in [-0.15, -0.1) is 0 Å². The zero-order valence-corrected chi connectivity index (χ0v) is 23.0. The zero-order valence-electron chi connectivity index (χ0n) is 20.5. The lowest BCUT2D eigenvalue weighted by atomic mass is 10.1. The molecule has 3 unspecified atom stereocenters.